The number of amides is 1. The van der Waals surface area contributed by atoms with Crippen molar-refractivity contribution in [3.05, 3.63) is 12.0 Å². The monoisotopic (exact) mass is 310 g/mol. The van der Waals surface area contributed by atoms with Gasteiger partial charge in [0.25, 0.3) is 0 Å². The van der Waals surface area contributed by atoms with Crippen molar-refractivity contribution in [2.24, 2.45) is 0 Å². The zero-order valence-corrected chi connectivity index (χ0v) is 14.1. The zero-order valence-electron chi connectivity index (χ0n) is 14.1. The molecule has 0 aromatic heterocycles. The minimum atomic E-state index is -0.492. The molecule has 0 unspecified atom stereocenters. The van der Waals surface area contributed by atoms with Gasteiger partial charge in [0.15, 0.2) is 5.76 Å². The molecule has 0 atom stereocenters. The van der Waals surface area contributed by atoms with E-state index in [9.17, 15) is 9.59 Å². The molecule has 0 aromatic rings. The van der Waals surface area contributed by atoms with Crippen molar-refractivity contribution in [3.8, 4) is 0 Å². The first-order chi connectivity index (χ1) is 10.1. The van der Waals surface area contributed by atoms with Gasteiger partial charge in [0.2, 0.25) is 5.78 Å². The first-order valence-electron chi connectivity index (χ1n) is 7.69. The second kappa shape index (κ2) is 5.82. The Morgan fingerprint density at radius 3 is 2.41 bits per heavy atom. The van der Waals surface area contributed by atoms with Gasteiger partial charge in [-0.15, -0.1) is 0 Å². The molecule has 0 aromatic carbocycles. The van der Waals surface area contributed by atoms with Crippen LogP contribution < -0.4 is 0 Å². The highest BCUT2D eigenvalue weighted by Crippen LogP contribution is 2.39. The summed E-state index contributed by atoms with van der Waals surface area (Å²) in [6.07, 6.45) is 3.13. The molecule has 2 heterocycles. The molecule has 2 fully saturated rings. The highest BCUT2D eigenvalue weighted by atomic mass is 16.6. The average molecular weight is 310 g/mol. The molecule has 0 N–H and O–H groups in total. The van der Waals surface area contributed by atoms with Crippen LogP contribution in [0.2, 0.25) is 0 Å². The summed E-state index contributed by atoms with van der Waals surface area (Å²) >= 11 is 0. The number of rotatable bonds is 1. The molecule has 6 heteroatoms. The molecule has 1 amide bonds. The van der Waals surface area contributed by atoms with Crippen molar-refractivity contribution in [3.63, 3.8) is 0 Å². The van der Waals surface area contributed by atoms with Gasteiger partial charge < -0.3 is 19.3 Å². The first-order valence-corrected chi connectivity index (χ1v) is 7.69. The molecule has 1 spiro atoms. The lowest BCUT2D eigenvalue weighted by atomic mass is 9.88. The molecule has 0 saturated carbocycles. The number of nitrogens with zero attached hydrogens (tertiary/aromatic N) is 2. The Balaban J connectivity index is 1.95. The summed E-state index contributed by atoms with van der Waals surface area (Å²) in [4.78, 5) is 27.6. The molecule has 2 saturated heterocycles. The van der Waals surface area contributed by atoms with Crippen LogP contribution in [0.25, 0.3) is 0 Å². The molecule has 0 aliphatic carbocycles. The molecule has 22 heavy (non-hydrogen) atoms. The van der Waals surface area contributed by atoms with Crippen LogP contribution in [0.5, 0.6) is 0 Å². The summed E-state index contributed by atoms with van der Waals surface area (Å²) in [5.41, 5.74) is -0.939. The van der Waals surface area contributed by atoms with E-state index >= 15 is 0 Å². The van der Waals surface area contributed by atoms with Crippen LogP contribution in [0, 0.1) is 0 Å². The van der Waals surface area contributed by atoms with Gasteiger partial charge in [0.05, 0.1) is 6.42 Å². The SMILES string of the molecule is CN(C)C=C1OC2(CCN(C(=O)OC(C)(C)C)CC2)CC1=O. The van der Waals surface area contributed by atoms with Gasteiger partial charge in [-0.05, 0) is 20.8 Å². The molecule has 2 aliphatic rings. The third kappa shape index (κ3) is 3.93. The maximum atomic E-state index is 12.1. The molecule has 124 valence electrons. The van der Waals surface area contributed by atoms with Gasteiger partial charge in [0, 0.05) is 46.2 Å². The van der Waals surface area contributed by atoms with Crippen LogP contribution in [0.1, 0.15) is 40.0 Å². The zero-order chi connectivity index (χ0) is 16.5. The number of carbonyl (C=O) groups excluding carboxylic acids is 2. The highest BCUT2D eigenvalue weighted by Gasteiger charge is 2.46. The van der Waals surface area contributed by atoms with Gasteiger partial charge >= 0.3 is 6.09 Å². The first kappa shape index (κ1) is 16.6. The predicted molar refractivity (Wildman–Crippen MR) is 82.3 cm³/mol. The minimum Gasteiger partial charge on any atom is -0.481 e. The van der Waals surface area contributed by atoms with Crippen molar-refractivity contribution >= 4 is 11.9 Å². The number of carbonyl (C=O) groups is 2. The van der Waals surface area contributed by atoms with Gasteiger partial charge in [-0.3, -0.25) is 4.79 Å². The van der Waals surface area contributed by atoms with E-state index in [0.29, 0.717) is 38.1 Å². The van der Waals surface area contributed by atoms with Crippen LogP contribution >= 0.6 is 0 Å². The Morgan fingerprint density at radius 1 is 1.32 bits per heavy atom. The number of likely N-dealkylation sites (tertiary alicyclic amines) is 1. The lowest BCUT2D eigenvalue weighted by Gasteiger charge is -2.38. The molecular weight excluding hydrogens is 284 g/mol. The summed E-state index contributed by atoms with van der Waals surface area (Å²) < 4.78 is 11.3. The van der Waals surface area contributed by atoms with Gasteiger partial charge in [-0.2, -0.15) is 0 Å². The van der Waals surface area contributed by atoms with Crippen LogP contribution in [0.4, 0.5) is 4.79 Å². The predicted octanol–water partition coefficient (Wildman–Crippen LogP) is 2.15. The van der Waals surface area contributed by atoms with Crippen LogP contribution in [0.3, 0.4) is 0 Å². The van der Waals surface area contributed by atoms with Gasteiger partial charge in [-0.1, -0.05) is 0 Å². The van der Waals surface area contributed by atoms with Gasteiger partial charge in [0.1, 0.15) is 11.2 Å². The van der Waals surface area contributed by atoms with Crippen LogP contribution in [-0.2, 0) is 14.3 Å². The largest absolute Gasteiger partial charge is 0.481 e. The number of Topliss-reactive ketones (excluding diaryl/α,β-unsaturated/α-hetero) is 1. The van der Waals surface area contributed by atoms with E-state index in [4.69, 9.17) is 9.47 Å². The number of hydrogen-bond donors (Lipinski definition) is 0. The Hall–Kier alpha value is -1.72. The summed E-state index contributed by atoms with van der Waals surface area (Å²) in [6.45, 7) is 6.67. The molecule has 6 nitrogen and oxygen atoms in total. The summed E-state index contributed by atoms with van der Waals surface area (Å²) in [5.74, 6) is 0.468. The van der Waals surface area contributed by atoms with Crippen molar-refractivity contribution in [1.82, 2.24) is 9.80 Å². The lowest BCUT2D eigenvalue weighted by molar-refractivity contribution is -0.115. The Kier molecular flexibility index (Phi) is 4.40. The number of piperidine rings is 1. The second-order valence-electron chi connectivity index (χ2n) is 7.31. The smallest absolute Gasteiger partial charge is 0.410 e. The average Bonchev–Trinajstić information content (AvgIpc) is 2.63. The normalized spacial score (nSPS) is 22.9. The second-order valence-corrected chi connectivity index (χ2v) is 7.31. The van der Waals surface area contributed by atoms with Crippen molar-refractivity contribution in [2.75, 3.05) is 27.2 Å². The van der Waals surface area contributed by atoms with E-state index in [1.165, 1.54) is 0 Å². The fraction of sp³-hybridized carbons (Fsp3) is 0.750. The van der Waals surface area contributed by atoms with Crippen LogP contribution in [-0.4, -0.2) is 60.1 Å². The Morgan fingerprint density at radius 2 is 1.91 bits per heavy atom. The van der Waals surface area contributed by atoms with Crippen molar-refractivity contribution in [1.29, 1.82) is 0 Å². The third-order valence-corrected chi connectivity index (χ3v) is 3.79. The molecule has 2 rings (SSSR count). The standard InChI is InChI=1S/C16H26N2O4/c1-15(2,3)22-14(20)18-8-6-16(7-9-18)10-12(19)13(21-16)11-17(4)5/h11H,6-10H2,1-5H3. The Bertz CT molecular complexity index is 483. The van der Waals surface area contributed by atoms with Crippen molar-refractivity contribution < 1.29 is 19.1 Å². The van der Waals surface area contributed by atoms with E-state index in [1.54, 1.807) is 11.1 Å². The van der Waals surface area contributed by atoms with E-state index in [2.05, 4.69) is 0 Å². The number of allylic oxidation sites excluding steroid dienone is 1. The Labute approximate surface area is 132 Å². The lowest BCUT2D eigenvalue weighted by Crippen LogP contribution is -2.47. The van der Waals surface area contributed by atoms with E-state index in [-0.39, 0.29) is 11.9 Å². The van der Waals surface area contributed by atoms with E-state index in [1.807, 2.05) is 39.8 Å². The fourth-order valence-electron chi connectivity index (χ4n) is 2.74. The molecule has 2 aliphatic heterocycles. The summed E-state index contributed by atoms with van der Waals surface area (Å²) in [5, 5.41) is 0. The van der Waals surface area contributed by atoms with Crippen LogP contribution in [0.15, 0.2) is 12.0 Å². The number of ether oxygens (including phenoxy) is 2. The third-order valence-electron chi connectivity index (χ3n) is 3.79. The maximum absolute atomic E-state index is 12.1. The molecule has 0 radical (unpaired) electrons. The minimum absolute atomic E-state index is 0.0411. The highest BCUT2D eigenvalue weighted by molar-refractivity contribution is 5.96. The summed E-state index contributed by atoms with van der Waals surface area (Å²) in [6, 6.07) is 0. The number of ketones is 1. The maximum Gasteiger partial charge on any atom is 0.410 e. The topological polar surface area (TPSA) is 59.1 Å². The van der Waals surface area contributed by atoms with E-state index in [0.717, 1.165) is 0 Å². The van der Waals surface area contributed by atoms with E-state index < -0.39 is 11.2 Å². The molecular formula is C16H26N2O4. The molecule has 0 bridgehead atoms. The number of hydrogen-bond acceptors (Lipinski definition) is 5. The quantitative estimate of drug-likeness (QED) is 0.695. The fourth-order valence-corrected chi connectivity index (χ4v) is 2.74. The van der Waals surface area contributed by atoms with Crippen molar-refractivity contribution in [2.45, 2.75) is 51.2 Å². The van der Waals surface area contributed by atoms with Gasteiger partial charge in [-0.25, -0.2) is 4.79 Å². The summed E-state index contributed by atoms with van der Waals surface area (Å²) in [7, 11) is 3.72.